The van der Waals surface area contributed by atoms with Gasteiger partial charge in [-0.2, -0.15) is 23.5 Å². The maximum Gasteiger partial charge on any atom is 0.118 e. The second-order valence-electron chi connectivity index (χ2n) is 7.99. The number of aromatic hydroxyl groups is 1. The molecule has 0 aliphatic carbocycles. The summed E-state index contributed by atoms with van der Waals surface area (Å²) in [5, 5.41) is 10.1. The molecule has 1 aromatic carbocycles. The predicted octanol–water partition coefficient (Wildman–Crippen LogP) is 8.89. The van der Waals surface area contributed by atoms with Crippen molar-refractivity contribution >= 4 is 23.5 Å². The molecule has 1 nitrogen and oxygen atoms in total. The second-order valence-corrected chi connectivity index (χ2v) is 10.2. The van der Waals surface area contributed by atoms with E-state index < -0.39 is 0 Å². The lowest BCUT2D eigenvalue weighted by molar-refractivity contribution is 0.470. The van der Waals surface area contributed by atoms with Gasteiger partial charge in [-0.25, -0.2) is 0 Å². The Kier molecular flexibility index (Phi) is 16.2. The van der Waals surface area contributed by atoms with Crippen LogP contribution in [-0.4, -0.2) is 16.6 Å². The molecule has 3 heteroatoms. The van der Waals surface area contributed by atoms with Crippen molar-refractivity contribution in [3.8, 4) is 5.75 Å². The van der Waals surface area contributed by atoms with Gasteiger partial charge in [0.15, 0.2) is 0 Å². The minimum atomic E-state index is 0.458. The molecular weight excluding hydrogens is 380 g/mol. The van der Waals surface area contributed by atoms with Crippen LogP contribution >= 0.6 is 23.5 Å². The van der Waals surface area contributed by atoms with Crippen molar-refractivity contribution in [2.75, 3.05) is 11.5 Å². The van der Waals surface area contributed by atoms with E-state index in [1.54, 1.807) is 0 Å². The molecule has 0 fully saturated rings. The molecule has 0 bridgehead atoms. The zero-order valence-corrected chi connectivity index (χ0v) is 20.4. The number of hydrogen-bond donors (Lipinski definition) is 1. The van der Waals surface area contributed by atoms with E-state index in [2.05, 4.69) is 38.6 Å². The fourth-order valence-corrected chi connectivity index (χ4v) is 5.66. The van der Waals surface area contributed by atoms with Gasteiger partial charge >= 0.3 is 0 Å². The standard InChI is InChI=1S/C25H44OS2/c1-4-6-8-10-12-14-18-27-20-23-16-17-25(26)22(3)24(23)21-28-19-15-13-11-9-7-5-2/h16-17,26H,4-15,18-21H2,1-3H3. The summed E-state index contributed by atoms with van der Waals surface area (Å²) in [6, 6.07) is 4.04. The lowest BCUT2D eigenvalue weighted by Gasteiger charge is -2.14. The number of phenols is 1. The van der Waals surface area contributed by atoms with E-state index in [4.69, 9.17) is 0 Å². The first kappa shape index (κ1) is 25.8. The average molecular weight is 425 g/mol. The minimum Gasteiger partial charge on any atom is -0.508 e. The Morgan fingerprint density at radius 2 is 1.18 bits per heavy atom. The fraction of sp³-hybridized carbons (Fsp3) is 0.760. The first-order valence-electron chi connectivity index (χ1n) is 11.7. The maximum atomic E-state index is 10.1. The van der Waals surface area contributed by atoms with E-state index in [0.29, 0.717) is 5.75 Å². The highest BCUT2D eigenvalue weighted by Gasteiger charge is 2.10. The van der Waals surface area contributed by atoms with Crippen LogP contribution in [0.25, 0.3) is 0 Å². The van der Waals surface area contributed by atoms with Crippen molar-refractivity contribution in [3.05, 3.63) is 28.8 Å². The maximum absolute atomic E-state index is 10.1. The summed E-state index contributed by atoms with van der Waals surface area (Å²) >= 11 is 4.10. The first-order chi connectivity index (χ1) is 13.7. The van der Waals surface area contributed by atoms with E-state index in [-0.39, 0.29) is 0 Å². The highest BCUT2D eigenvalue weighted by molar-refractivity contribution is 7.98. The minimum absolute atomic E-state index is 0.458. The third-order valence-corrected chi connectivity index (χ3v) is 7.62. The lowest BCUT2D eigenvalue weighted by Crippen LogP contribution is -1.97. The summed E-state index contributed by atoms with van der Waals surface area (Å²) in [6.07, 6.45) is 16.4. The Hall–Kier alpha value is -0.280. The number of phenolic OH excluding ortho intramolecular Hbond substituents is 1. The summed E-state index contributed by atoms with van der Waals surface area (Å²) < 4.78 is 0. The third kappa shape index (κ3) is 11.7. The molecule has 0 aliphatic rings. The Morgan fingerprint density at radius 1 is 0.679 bits per heavy atom. The summed E-state index contributed by atoms with van der Waals surface area (Å²) in [6.45, 7) is 6.63. The monoisotopic (exact) mass is 424 g/mol. The molecule has 0 radical (unpaired) electrons. The van der Waals surface area contributed by atoms with Gasteiger partial charge in [-0.3, -0.25) is 0 Å². The average Bonchev–Trinajstić information content (AvgIpc) is 2.70. The number of unbranched alkanes of at least 4 members (excludes halogenated alkanes) is 10. The Labute approximate surface area is 183 Å². The van der Waals surface area contributed by atoms with Crippen molar-refractivity contribution < 1.29 is 5.11 Å². The number of thioether (sulfide) groups is 2. The van der Waals surface area contributed by atoms with Crippen LogP contribution in [0.1, 0.15) is 108 Å². The zero-order valence-electron chi connectivity index (χ0n) is 18.7. The van der Waals surface area contributed by atoms with Gasteiger partial charge < -0.3 is 5.11 Å². The van der Waals surface area contributed by atoms with Gasteiger partial charge in [-0.15, -0.1) is 0 Å². The van der Waals surface area contributed by atoms with Crippen LogP contribution in [0.15, 0.2) is 12.1 Å². The third-order valence-electron chi connectivity index (χ3n) is 5.46. The SMILES string of the molecule is CCCCCCCCSCc1ccc(O)c(C)c1CSCCCCCCCC. The Bertz CT molecular complexity index is 502. The largest absolute Gasteiger partial charge is 0.508 e. The molecule has 0 amide bonds. The van der Waals surface area contributed by atoms with Crippen LogP contribution in [0.3, 0.4) is 0 Å². The molecule has 0 atom stereocenters. The van der Waals surface area contributed by atoms with Gasteiger partial charge in [-0.05, 0) is 54.0 Å². The van der Waals surface area contributed by atoms with Crippen LogP contribution < -0.4 is 0 Å². The van der Waals surface area contributed by atoms with E-state index in [9.17, 15) is 5.11 Å². The van der Waals surface area contributed by atoms with Gasteiger partial charge in [-0.1, -0.05) is 84.1 Å². The summed E-state index contributed by atoms with van der Waals surface area (Å²) in [7, 11) is 0. The molecule has 0 saturated heterocycles. The van der Waals surface area contributed by atoms with Crippen molar-refractivity contribution in [3.63, 3.8) is 0 Å². The molecule has 1 aromatic rings. The summed E-state index contributed by atoms with van der Waals surface area (Å²) in [5.41, 5.74) is 3.90. The summed E-state index contributed by atoms with van der Waals surface area (Å²) in [5.74, 6) is 5.09. The molecule has 162 valence electrons. The van der Waals surface area contributed by atoms with E-state index in [0.717, 1.165) is 17.1 Å². The Balaban J connectivity index is 2.30. The second kappa shape index (κ2) is 17.6. The van der Waals surface area contributed by atoms with Crippen molar-refractivity contribution in [1.29, 1.82) is 0 Å². The van der Waals surface area contributed by atoms with Gasteiger partial charge in [0, 0.05) is 11.5 Å². The predicted molar refractivity (Wildman–Crippen MR) is 132 cm³/mol. The van der Waals surface area contributed by atoms with Crippen LogP contribution in [0.4, 0.5) is 0 Å². The number of rotatable bonds is 18. The number of benzene rings is 1. The van der Waals surface area contributed by atoms with Crippen LogP contribution in [0.5, 0.6) is 5.75 Å². The molecule has 0 saturated carbocycles. The molecule has 1 N–H and O–H groups in total. The topological polar surface area (TPSA) is 20.2 Å². The molecule has 0 aliphatic heterocycles. The van der Waals surface area contributed by atoms with E-state index in [1.807, 2.05) is 17.8 Å². The molecule has 1 rings (SSSR count). The van der Waals surface area contributed by atoms with Crippen molar-refractivity contribution in [2.24, 2.45) is 0 Å². The highest BCUT2D eigenvalue weighted by atomic mass is 32.2. The highest BCUT2D eigenvalue weighted by Crippen LogP contribution is 2.30. The van der Waals surface area contributed by atoms with Crippen molar-refractivity contribution in [1.82, 2.24) is 0 Å². The number of hydrogen-bond acceptors (Lipinski definition) is 3. The molecular formula is C25H44OS2. The van der Waals surface area contributed by atoms with E-state index in [1.165, 1.54) is 99.7 Å². The quantitative estimate of drug-likeness (QED) is 0.237. The van der Waals surface area contributed by atoms with E-state index >= 15 is 0 Å². The van der Waals surface area contributed by atoms with Gasteiger partial charge in [0.1, 0.15) is 5.75 Å². The lowest BCUT2D eigenvalue weighted by atomic mass is 10.0. The van der Waals surface area contributed by atoms with Crippen LogP contribution in [0, 0.1) is 6.92 Å². The molecule has 0 spiro atoms. The van der Waals surface area contributed by atoms with Gasteiger partial charge in [0.2, 0.25) is 0 Å². The smallest absolute Gasteiger partial charge is 0.118 e. The van der Waals surface area contributed by atoms with Crippen LogP contribution in [0.2, 0.25) is 0 Å². The van der Waals surface area contributed by atoms with Gasteiger partial charge in [0.25, 0.3) is 0 Å². The molecule has 0 aromatic heterocycles. The first-order valence-corrected chi connectivity index (χ1v) is 14.0. The molecule has 0 unspecified atom stereocenters. The van der Waals surface area contributed by atoms with Gasteiger partial charge in [0.05, 0.1) is 0 Å². The fourth-order valence-electron chi connectivity index (χ4n) is 3.46. The van der Waals surface area contributed by atoms with Crippen molar-refractivity contribution in [2.45, 2.75) is 109 Å². The Morgan fingerprint density at radius 3 is 1.75 bits per heavy atom. The molecule has 28 heavy (non-hydrogen) atoms. The summed E-state index contributed by atoms with van der Waals surface area (Å²) in [4.78, 5) is 0. The molecule has 0 heterocycles. The normalized spacial score (nSPS) is 11.2. The van der Waals surface area contributed by atoms with Crippen LogP contribution in [-0.2, 0) is 11.5 Å². The zero-order chi connectivity index (χ0) is 20.5.